The number of amides is 1. The molecule has 1 aliphatic heterocycles. The number of morpholine rings is 1. The predicted octanol–water partition coefficient (Wildman–Crippen LogP) is 1.09. The van der Waals surface area contributed by atoms with Crippen LogP contribution in [0.25, 0.3) is 0 Å². The third-order valence-electron chi connectivity index (χ3n) is 3.91. The SMILES string of the molecule is CN(C)c1cccc([C@@H]2CN(C(=O)c3nccn3C)CCO2)n1. The van der Waals surface area contributed by atoms with Gasteiger partial charge in [0.25, 0.3) is 5.91 Å². The van der Waals surface area contributed by atoms with Crippen molar-refractivity contribution in [1.82, 2.24) is 19.4 Å². The molecule has 1 saturated heterocycles. The topological polar surface area (TPSA) is 63.5 Å². The van der Waals surface area contributed by atoms with Gasteiger partial charge in [-0.15, -0.1) is 0 Å². The summed E-state index contributed by atoms with van der Waals surface area (Å²) < 4.78 is 7.56. The lowest BCUT2D eigenvalue weighted by molar-refractivity contribution is -0.0251. The maximum absolute atomic E-state index is 12.6. The highest BCUT2D eigenvalue weighted by molar-refractivity contribution is 5.90. The Balaban J connectivity index is 1.77. The van der Waals surface area contributed by atoms with Gasteiger partial charge < -0.3 is 19.1 Å². The Morgan fingerprint density at radius 2 is 2.22 bits per heavy atom. The first-order valence-corrected chi connectivity index (χ1v) is 7.58. The second kappa shape index (κ2) is 6.37. The Kier molecular flexibility index (Phi) is 4.29. The molecule has 0 aromatic carbocycles. The molecule has 1 amide bonds. The van der Waals surface area contributed by atoms with Crippen LogP contribution in [0.2, 0.25) is 0 Å². The van der Waals surface area contributed by atoms with E-state index in [1.165, 1.54) is 0 Å². The van der Waals surface area contributed by atoms with Crippen LogP contribution in [0.4, 0.5) is 5.82 Å². The molecule has 2 aromatic heterocycles. The van der Waals surface area contributed by atoms with Crippen molar-refractivity contribution in [3.63, 3.8) is 0 Å². The van der Waals surface area contributed by atoms with E-state index in [1.54, 1.807) is 21.9 Å². The third-order valence-corrected chi connectivity index (χ3v) is 3.91. The van der Waals surface area contributed by atoms with Gasteiger partial charge in [-0.2, -0.15) is 0 Å². The average Bonchev–Trinajstić information content (AvgIpc) is 3.00. The summed E-state index contributed by atoms with van der Waals surface area (Å²) >= 11 is 0. The van der Waals surface area contributed by atoms with Crippen molar-refractivity contribution in [2.75, 3.05) is 38.7 Å². The lowest BCUT2D eigenvalue weighted by Gasteiger charge is -2.32. The molecule has 0 spiro atoms. The first-order chi connectivity index (χ1) is 11.1. The van der Waals surface area contributed by atoms with E-state index in [0.717, 1.165) is 11.5 Å². The molecule has 0 radical (unpaired) electrons. The van der Waals surface area contributed by atoms with E-state index in [1.807, 2.05) is 44.2 Å². The van der Waals surface area contributed by atoms with Crippen LogP contribution in [0.5, 0.6) is 0 Å². The van der Waals surface area contributed by atoms with E-state index < -0.39 is 0 Å². The molecule has 23 heavy (non-hydrogen) atoms. The monoisotopic (exact) mass is 315 g/mol. The first kappa shape index (κ1) is 15.5. The van der Waals surface area contributed by atoms with Gasteiger partial charge >= 0.3 is 0 Å². The molecule has 0 N–H and O–H groups in total. The number of ether oxygens (including phenoxy) is 1. The van der Waals surface area contributed by atoms with Crippen LogP contribution >= 0.6 is 0 Å². The van der Waals surface area contributed by atoms with E-state index in [0.29, 0.717) is 25.5 Å². The van der Waals surface area contributed by atoms with Crippen molar-refractivity contribution < 1.29 is 9.53 Å². The summed E-state index contributed by atoms with van der Waals surface area (Å²) in [5, 5.41) is 0. The van der Waals surface area contributed by atoms with Crippen LogP contribution in [0, 0.1) is 0 Å². The number of nitrogens with zero attached hydrogens (tertiary/aromatic N) is 5. The van der Waals surface area contributed by atoms with Crippen LogP contribution in [0.3, 0.4) is 0 Å². The van der Waals surface area contributed by atoms with Gasteiger partial charge in [-0.3, -0.25) is 4.79 Å². The highest BCUT2D eigenvalue weighted by Gasteiger charge is 2.28. The van der Waals surface area contributed by atoms with Crippen LogP contribution in [-0.2, 0) is 11.8 Å². The number of pyridine rings is 1. The second-order valence-electron chi connectivity index (χ2n) is 5.79. The Bertz CT molecular complexity index is 697. The summed E-state index contributed by atoms with van der Waals surface area (Å²) in [6, 6.07) is 5.84. The molecule has 3 heterocycles. The molecule has 7 nitrogen and oxygen atoms in total. The Labute approximate surface area is 135 Å². The zero-order valence-electron chi connectivity index (χ0n) is 13.6. The van der Waals surface area contributed by atoms with Crippen molar-refractivity contribution in [3.05, 3.63) is 42.1 Å². The molecule has 3 rings (SSSR count). The fourth-order valence-electron chi connectivity index (χ4n) is 2.59. The van der Waals surface area contributed by atoms with Crippen LogP contribution in [0.15, 0.2) is 30.6 Å². The van der Waals surface area contributed by atoms with E-state index in [9.17, 15) is 4.79 Å². The predicted molar refractivity (Wildman–Crippen MR) is 86.4 cm³/mol. The Morgan fingerprint density at radius 1 is 1.39 bits per heavy atom. The smallest absolute Gasteiger partial charge is 0.290 e. The number of aryl methyl sites for hydroxylation is 1. The van der Waals surface area contributed by atoms with Gasteiger partial charge in [0.1, 0.15) is 11.9 Å². The molecule has 1 atom stereocenters. The number of rotatable bonds is 3. The number of carbonyl (C=O) groups is 1. The Hall–Kier alpha value is -2.41. The van der Waals surface area contributed by atoms with Gasteiger partial charge in [-0.25, -0.2) is 9.97 Å². The zero-order valence-corrected chi connectivity index (χ0v) is 13.6. The fraction of sp³-hybridized carbons (Fsp3) is 0.438. The molecule has 0 aliphatic carbocycles. The van der Waals surface area contributed by atoms with Gasteiger partial charge in [0.15, 0.2) is 5.82 Å². The molecule has 122 valence electrons. The van der Waals surface area contributed by atoms with Gasteiger partial charge in [-0.1, -0.05) is 6.07 Å². The number of aromatic nitrogens is 3. The number of imidazole rings is 1. The third kappa shape index (κ3) is 3.19. The molecule has 2 aromatic rings. The molecule has 1 fully saturated rings. The second-order valence-corrected chi connectivity index (χ2v) is 5.79. The molecule has 0 bridgehead atoms. The Morgan fingerprint density at radius 3 is 2.91 bits per heavy atom. The molecule has 7 heteroatoms. The van der Waals surface area contributed by atoms with E-state index in [4.69, 9.17) is 4.74 Å². The van der Waals surface area contributed by atoms with Crippen molar-refractivity contribution in [2.24, 2.45) is 7.05 Å². The van der Waals surface area contributed by atoms with Crippen molar-refractivity contribution in [3.8, 4) is 0 Å². The molecule has 0 saturated carbocycles. The summed E-state index contributed by atoms with van der Waals surface area (Å²) in [4.78, 5) is 25.1. The lowest BCUT2D eigenvalue weighted by atomic mass is 10.2. The molecular formula is C16H21N5O2. The highest BCUT2D eigenvalue weighted by atomic mass is 16.5. The summed E-state index contributed by atoms with van der Waals surface area (Å²) in [5.74, 6) is 1.24. The van der Waals surface area contributed by atoms with Gasteiger partial charge in [0.2, 0.25) is 0 Å². The van der Waals surface area contributed by atoms with Crippen molar-refractivity contribution in [2.45, 2.75) is 6.10 Å². The summed E-state index contributed by atoms with van der Waals surface area (Å²) in [7, 11) is 5.72. The van der Waals surface area contributed by atoms with Gasteiger partial charge in [0, 0.05) is 40.1 Å². The van der Waals surface area contributed by atoms with Gasteiger partial charge in [-0.05, 0) is 12.1 Å². The largest absolute Gasteiger partial charge is 0.368 e. The fourth-order valence-corrected chi connectivity index (χ4v) is 2.59. The zero-order chi connectivity index (χ0) is 16.4. The normalized spacial score (nSPS) is 18.0. The van der Waals surface area contributed by atoms with Crippen LogP contribution in [-0.4, -0.2) is 59.1 Å². The minimum atomic E-state index is -0.215. The molecule has 0 unspecified atom stereocenters. The lowest BCUT2D eigenvalue weighted by Crippen LogP contribution is -2.43. The molecule has 1 aliphatic rings. The summed E-state index contributed by atoms with van der Waals surface area (Å²) in [5.41, 5.74) is 0.841. The first-order valence-electron chi connectivity index (χ1n) is 7.58. The number of hydrogen-bond donors (Lipinski definition) is 0. The van der Waals surface area contributed by atoms with Gasteiger partial charge in [0.05, 0.1) is 18.8 Å². The maximum atomic E-state index is 12.6. The maximum Gasteiger partial charge on any atom is 0.290 e. The van der Waals surface area contributed by atoms with Crippen molar-refractivity contribution in [1.29, 1.82) is 0 Å². The van der Waals surface area contributed by atoms with Crippen LogP contribution < -0.4 is 4.90 Å². The summed E-state index contributed by atoms with van der Waals surface area (Å²) in [6.45, 7) is 1.54. The number of anilines is 1. The van der Waals surface area contributed by atoms with Crippen LogP contribution in [0.1, 0.15) is 22.4 Å². The van der Waals surface area contributed by atoms with Crippen molar-refractivity contribution >= 4 is 11.7 Å². The standard InChI is InChI=1S/C16H21N5O2/c1-19(2)14-6-4-5-12(18-14)13-11-21(9-10-23-13)16(22)15-17-7-8-20(15)3/h4-8,13H,9-11H2,1-3H3/t13-/m0/s1. The number of carbonyl (C=O) groups excluding carboxylic acids is 1. The number of hydrogen-bond acceptors (Lipinski definition) is 5. The minimum absolute atomic E-state index is 0.0745. The van der Waals surface area contributed by atoms with E-state index in [2.05, 4.69) is 9.97 Å². The molecular weight excluding hydrogens is 294 g/mol. The summed E-state index contributed by atoms with van der Waals surface area (Å²) in [6.07, 6.45) is 3.19. The van der Waals surface area contributed by atoms with E-state index in [-0.39, 0.29) is 12.0 Å². The average molecular weight is 315 g/mol. The minimum Gasteiger partial charge on any atom is -0.368 e. The highest BCUT2D eigenvalue weighted by Crippen LogP contribution is 2.23. The van der Waals surface area contributed by atoms with E-state index >= 15 is 0 Å². The quantitative estimate of drug-likeness (QED) is 0.848.